The lowest BCUT2D eigenvalue weighted by Gasteiger charge is -2.13. The molecule has 0 atom stereocenters. The summed E-state index contributed by atoms with van der Waals surface area (Å²) in [5.74, 6) is -1.77. The molecule has 3 amide bonds. The number of hydrogen-bond donors (Lipinski definition) is 1. The van der Waals surface area contributed by atoms with Crippen LogP contribution < -0.4 is 5.32 Å². The van der Waals surface area contributed by atoms with E-state index in [2.05, 4.69) is 5.32 Å². The van der Waals surface area contributed by atoms with E-state index in [1.165, 1.54) is 24.5 Å². The SMILES string of the molecule is Cc1cc(C)c(NC(=O)COC(=O)c2ccc3c(c2)C(=O)N(Cc2ccco2)C3=O)c(C)c1. The molecule has 0 bridgehead atoms. The normalized spacial score (nSPS) is 12.6. The van der Waals surface area contributed by atoms with Crippen molar-refractivity contribution in [1.29, 1.82) is 0 Å². The fourth-order valence-corrected chi connectivity index (χ4v) is 3.89. The number of nitrogens with one attached hydrogen (secondary N) is 1. The quantitative estimate of drug-likeness (QED) is 0.456. The van der Waals surface area contributed by atoms with Crippen LogP contribution in [-0.2, 0) is 16.1 Å². The molecule has 2 aromatic carbocycles. The molecule has 1 N–H and O–H groups in total. The number of carbonyl (C=O) groups excluding carboxylic acids is 4. The third kappa shape index (κ3) is 4.41. The van der Waals surface area contributed by atoms with Crippen molar-refractivity contribution in [2.75, 3.05) is 11.9 Å². The number of aryl methyl sites for hydroxylation is 3. The van der Waals surface area contributed by atoms with Crippen LogP contribution >= 0.6 is 0 Å². The fourth-order valence-electron chi connectivity index (χ4n) is 3.89. The molecule has 0 saturated carbocycles. The second-order valence-corrected chi connectivity index (χ2v) is 7.93. The van der Waals surface area contributed by atoms with Gasteiger partial charge < -0.3 is 14.5 Å². The molecule has 0 aliphatic carbocycles. The van der Waals surface area contributed by atoms with Gasteiger partial charge in [-0.2, -0.15) is 0 Å². The number of ether oxygens (including phenoxy) is 1. The number of anilines is 1. The van der Waals surface area contributed by atoms with Crippen LogP contribution in [0.1, 0.15) is 53.5 Å². The van der Waals surface area contributed by atoms with Gasteiger partial charge in [-0.3, -0.25) is 19.3 Å². The van der Waals surface area contributed by atoms with E-state index in [1.54, 1.807) is 12.1 Å². The van der Waals surface area contributed by atoms with E-state index < -0.39 is 30.3 Å². The van der Waals surface area contributed by atoms with Gasteiger partial charge in [0.15, 0.2) is 6.61 Å². The van der Waals surface area contributed by atoms with Crippen molar-refractivity contribution in [3.8, 4) is 0 Å². The van der Waals surface area contributed by atoms with E-state index >= 15 is 0 Å². The zero-order chi connectivity index (χ0) is 23.7. The third-order valence-electron chi connectivity index (χ3n) is 5.38. The minimum absolute atomic E-state index is 0.00284. The first-order valence-electron chi connectivity index (χ1n) is 10.3. The van der Waals surface area contributed by atoms with Gasteiger partial charge in [0.05, 0.1) is 29.5 Å². The summed E-state index contributed by atoms with van der Waals surface area (Å²) in [5.41, 5.74) is 3.97. The number of carbonyl (C=O) groups is 4. The number of nitrogens with zero attached hydrogens (tertiary/aromatic N) is 1. The highest BCUT2D eigenvalue weighted by Gasteiger charge is 2.36. The molecule has 0 saturated heterocycles. The molecule has 8 heteroatoms. The topological polar surface area (TPSA) is 106 Å². The largest absolute Gasteiger partial charge is 0.467 e. The molecular weight excluding hydrogens is 424 g/mol. The smallest absolute Gasteiger partial charge is 0.338 e. The molecule has 2 heterocycles. The Kier molecular flexibility index (Phi) is 5.83. The third-order valence-corrected chi connectivity index (χ3v) is 5.38. The summed E-state index contributed by atoms with van der Waals surface area (Å²) in [6.45, 7) is 5.26. The van der Waals surface area contributed by atoms with Crippen LogP contribution in [0.5, 0.6) is 0 Å². The second-order valence-electron chi connectivity index (χ2n) is 7.93. The summed E-state index contributed by atoms with van der Waals surface area (Å²) >= 11 is 0. The number of amides is 3. The van der Waals surface area contributed by atoms with Crippen LogP contribution in [0, 0.1) is 20.8 Å². The standard InChI is InChI=1S/C25H22N2O6/c1-14-9-15(2)22(16(3)10-14)26-21(28)13-33-25(31)17-6-7-19-20(11-17)24(30)27(23(19)29)12-18-5-4-8-32-18/h4-11H,12-13H2,1-3H3,(H,26,28). The number of hydrogen-bond acceptors (Lipinski definition) is 6. The van der Waals surface area contributed by atoms with E-state index in [0.717, 1.165) is 21.6 Å². The summed E-state index contributed by atoms with van der Waals surface area (Å²) < 4.78 is 10.3. The number of imide groups is 1. The summed E-state index contributed by atoms with van der Waals surface area (Å²) in [6.07, 6.45) is 1.46. The Bertz CT molecular complexity index is 1250. The molecule has 8 nitrogen and oxygen atoms in total. The number of rotatable bonds is 6. The van der Waals surface area contributed by atoms with Gasteiger partial charge in [-0.15, -0.1) is 0 Å². The Hall–Kier alpha value is -4.20. The Balaban J connectivity index is 1.41. The molecule has 168 valence electrons. The van der Waals surface area contributed by atoms with E-state index in [4.69, 9.17) is 9.15 Å². The number of esters is 1. The average Bonchev–Trinajstić information content (AvgIpc) is 3.37. The first-order chi connectivity index (χ1) is 15.7. The molecule has 0 fully saturated rings. The predicted molar refractivity (Wildman–Crippen MR) is 119 cm³/mol. The van der Waals surface area contributed by atoms with Gasteiger partial charge in [-0.05, 0) is 62.2 Å². The highest BCUT2D eigenvalue weighted by Crippen LogP contribution is 2.26. The van der Waals surface area contributed by atoms with Crippen LogP contribution in [-0.4, -0.2) is 35.2 Å². The van der Waals surface area contributed by atoms with Crippen LogP contribution in [0.15, 0.2) is 53.1 Å². The molecule has 33 heavy (non-hydrogen) atoms. The first kappa shape index (κ1) is 22.0. The van der Waals surface area contributed by atoms with Crippen LogP contribution in [0.3, 0.4) is 0 Å². The van der Waals surface area contributed by atoms with Gasteiger partial charge in [0.2, 0.25) is 0 Å². The van der Waals surface area contributed by atoms with Gasteiger partial charge in [0.1, 0.15) is 5.76 Å². The van der Waals surface area contributed by atoms with Crippen molar-refractivity contribution in [2.45, 2.75) is 27.3 Å². The molecule has 1 aliphatic heterocycles. The fraction of sp³-hybridized carbons (Fsp3) is 0.200. The summed E-state index contributed by atoms with van der Waals surface area (Å²) in [7, 11) is 0. The Labute approximate surface area is 190 Å². The zero-order valence-corrected chi connectivity index (χ0v) is 18.4. The predicted octanol–water partition coefficient (Wildman–Crippen LogP) is 3.80. The lowest BCUT2D eigenvalue weighted by molar-refractivity contribution is -0.119. The van der Waals surface area contributed by atoms with Crippen LogP contribution in [0.4, 0.5) is 5.69 Å². The zero-order valence-electron chi connectivity index (χ0n) is 18.4. The summed E-state index contributed by atoms with van der Waals surface area (Å²) in [4.78, 5) is 51.1. The lowest BCUT2D eigenvalue weighted by Crippen LogP contribution is -2.28. The molecular formula is C25H22N2O6. The molecule has 0 unspecified atom stereocenters. The van der Waals surface area contributed by atoms with Crippen molar-refractivity contribution in [3.05, 3.63) is 87.9 Å². The van der Waals surface area contributed by atoms with Gasteiger partial charge in [0, 0.05) is 5.69 Å². The van der Waals surface area contributed by atoms with Crippen molar-refractivity contribution in [1.82, 2.24) is 4.90 Å². The highest BCUT2D eigenvalue weighted by molar-refractivity contribution is 6.21. The maximum Gasteiger partial charge on any atom is 0.338 e. The van der Waals surface area contributed by atoms with Gasteiger partial charge >= 0.3 is 5.97 Å². The van der Waals surface area contributed by atoms with Crippen molar-refractivity contribution < 1.29 is 28.3 Å². The summed E-state index contributed by atoms with van der Waals surface area (Å²) in [6, 6.07) is 11.4. The van der Waals surface area contributed by atoms with Crippen molar-refractivity contribution in [2.24, 2.45) is 0 Å². The lowest BCUT2D eigenvalue weighted by atomic mass is 10.1. The minimum atomic E-state index is -0.768. The maximum atomic E-state index is 12.7. The van der Waals surface area contributed by atoms with E-state index in [0.29, 0.717) is 11.4 Å². The highest BCUT2D eigenvalue weighted by atomic mass is 16.5. The van der Waals surface area contributed by atoms with Crippen LogP contribution in [0.25, 0.3) is 0 Å². The number of benzene rings is 2. The van der Waals surface area contributed by atoms with Gasteiger partial charge in [-0.1, -0.05) is 17.7 Å². The molecule has 4 rings (SSSR count). The average molecular weight is 446 g/mol. The van der Waals surface area contributed by atoms with E-state index in [9.17, 15) is 19.2 Å². The van der Waals surface area contributed by atoms with E-state index in [-0.39, 0.29) is 23.2 Å². The molecule has 0 radical (unpaired) electrons. The number of furan rings is 1. The van der Waals surface area contributed by atoms with Crippen LogP contribution in [0.2, 0.25) is 0 Å². The maximum absolute atomic E-state index is 12.7. The Morgan fingerprint density at radius 1 is 0.970 bits per heavy atom. The van der Waals surface area contributed by atoms with Gasteiger partial charge in [-0.25, -0.2) is 4.79 Å². The molecule has 3 aromatic rings. The summed E-state index contributed by atoms with van der Waals surface area (Å²) in [5, 5.41) is 2.76. The second kappa shape index (κ2) is 8.74. The monoisotopic (exact) mass is 446 g/mol. The Morgan fingerprint density at radius 2 is 1.67 bits per heavy atom. The van der Waals surface area contributed by atoms with Crippen molar-refractivity contribution in [3.63, 3.8) is 0 Å². The molecule has 1 aromatic heterocycles. The molecule has 0 spiro atoms. The minimum Gasteiger partial charge on any atom is -0.467 e. The van der Waals surface area contributed by atoms with E-state index in [1.807, 2.05) is 32.9 Å². The van der Waals surface area contributed by atoms with Gasteiger partial charge in [0.25, 0.3) is 17.7 Å². The number of fused-ring (bicyclic) bond motifs is 1. The molecule has 1 aliphatic rings. The van der Waals surface area contributed by atoms with Crippen molar-refractivity contribution >= 4 is 29.4 Å². The Morgan fingerprint density at radius 3 is 2.33 bits per heavy atom. The first-order valence-corrected chi connectivity index (χ1v) is 10.3.